The number of rotatable bonds is 3. The number of amides is 1. The van der Waals surface area contributed by atoms with Crippen LogP contribution >= 0.6 is 0 Å². The number of nitrogens with one attached hydrogen (secondary N) is 1. The average Bonchev–Trinajstić information content (AvgIpc) is 2.58. The summed E-state index contributed by atoms with van der Waals surface area (Å²) in [5.41, 5.74) is 0.690. The predicted octanol–water partition coefficient (Wildman–Crippen LogP) is 3.46. The van der Waals surface area contributed by atoms with Gasteiger partial charge in [0.05, 0.1) is 11.4 Å². The van der Waals surface area contributed by atoms with Crippen molar-refractivity contribution in [2.24, 2.45) is 0 Å². The Hall–Kier alpha value is -2.48. The van der Waals surface area contributed by atoms with E-state index >= 15 is 0 Å². The molecule has 8 heteroatoms. The second kappa shape index (κ2) is 7.03. The molecule has 1 fully saturated rings. The maximum atomic E-state index is 13.7. The van der Waals surface area contributed by atoms with Gasteiger partial charge in [0.25, 0.3) is 5.91 Å². The van der Waals surface area contributed by atoms with Gasteiger partial charge in [0, 0.05) is 12.1 Å². The highest BCUT2D eigenvalue weighted by atomic mass is 32.2. The number of anilines is 2. The van der Waals surface area contributed by atoms with Crippen LogP contribution in [0.4, 0.5) is 20.2 Å². The van der Waals surface area contributed by atoms with Crippen molar-refractivity contribution in [2.45, 2.75) is 19.8 Å². The smallest absolute Gasteiger partial charge is 0.255 e. The first-order chi connectivity index (χ1) is 12.3. The van der Waals surface area contributed by atoms with Gasteiger partial charge in [-0.25, -0.2) is 17.2 Å². The van der Waals surface area contributed by atoms with Gasteiger partial charge in [-0.3, -0.25) is 9.10 Å². The highest BCUT2D eigenvalue weighted by molar-refractivity contribution is 7.92. The monoisotopic (exact) mass is 380 g/mol. The van der Waals surface area contributed by atoms with Crippen LogP contribution in [0.1, 0.15) is 28.8 Å². The van der Waals surface area contributed by atoms with Crippen LogP contribution in [-0.4, -0.2) is 26.6 Å². The van der Waals surface area contributed by atoms with Crippen molar-refractivity contribution >= 4 is 27.3 Å². The minimum atomic E-state index is -3.43. The van der Waals surface area contributed by atoms with Gasteiger partial charge < -0.3 is 5.32 Å². The molecule has 138 valence electrons. The lowest BCUT2D eigenvalue weighted by molar-refractivity contribution is 0.102. The summed E-state index contributed by atoms with van der Waals surface area (Å²) in [6.45, 7) is 2.09. The van der Waals surface area contributed by atoms with E-state index in [2.05, 4.69) is 5.32 Å². The maximum Gasteiger partial charge on any atom is 0.255 e. The molecular formula is C18H18F2N2O3S. The zero-order valence-corrected chi connectivity index (χ0v) is 14.9. The summed E-state index contributed by atoms with van der Waals surface area (Å²) in [4.78, 5) is 12.4. The molecule has 1 N–H and O–H groups in total. The van der Waals surface area contributed by atoms with E-state index in [0.717, 1.165) is 18.6 Å². The minimum Gasteiger partial charge on any atom is -0.317 e. The molecule has 1 saturated heterocycles. The van der Waals surface area contributed by atoms with E-state index in [0.29, 0.717) is 24.2 Å². The number of halogens is 2. The van der Waals surface area contributed by atoms with Crippen molar-refractivity contribution in [3.05, 3.63) is 59.2 Å². The first-order valence-electron chi connectivity index (χ1n) is 8.16. The SMILES string of the molecule is Cc1ccc(C(=O)Nc2c(F)cccc2F)cc1N1CCCCS1(=O)=O. The number of sulfonamides is 1. The number of hydrogen-bond donors (Lipinski definition) is 1. The molecule has 2 aromatic carbocycles. The third kappa shape index (κ3) is 3.55. The number of benzene rings is 2. The van der Waals surface area contributed by atoms with Crippen LogP contribution in [-0.2, 0) is 10.0 Å². The van der Waals surface area contributed by atoms with Crippen LogP contribution in [0.3, 0.4) is 0 Å². The number of aryl methyl sites for hydroxylation is 1. The van der Waals surface area contributed by atoms with Crippen molar-refractivity contribution in [2.75, 3.05) is 21.9 Å². The van der Waals surface area contributed by atoms with Gasteiger partial charge in [-0.1, -0.05) is 12.1 Å². The average molecular weight is 380 g/mol. The molecule has 0 spiro atoms. The van der Waals surface area contributed by atoms with Crippen LogP contribution in [0.25, 0.3) is 0 Å². The Balaban J connectivity index is 1.93. The third-order valence-electron chi connectivity index (χ3n) is 4.29. The van der Waals surface area contributed by atoms with Crippen molar-refractivity contribution in [3.8, 4) is 0 Å². The fourth-order valence-corrected chi connectivity index (χ4v) is 4.57. The Bertz CT molecular complexity index is 941. The van der Waals surface area contributed by atoms with Gasteiger partial charge in [0.2, 0.25) is 10.0 Å². The zero-order valence-electron chi connectivity index (χ0n) is 14.1. The molecule has 0 aromatic heterocycles. The van der Waals surface area contributed by atoms with E-state index in [1.165, 1.54) is 22.5 Å². The lowest BCUT2D eigenvalue weighted by Gasteiger charge is -2.29. The van der Waals surface area contributed by atoms with E-state index in [-0.39, 0.29) is 11.3 Å². The Kier molecular flexibility index (Phi) is 4.95. The van der Waals surface area contributed by atoms with Gasteiger partial charge >= 0.3 is 0 Å². The molecule has 1 heterocycles. The molecule has 0 atom stereocenters. The van der Waals surface area contributed by atoms with Crippen molar-refractivity contribution in [1.82, 2.24) is 0 Å². The summed E-state index contributed by atoms with van der Waals surface area (Å²) in [5.74, 6) is -2.43. The summed E-state index contributed by atoms with van der Waals surface area (Å²) in [5, 5.41) is 2.21. The standard InChI is InChI=1S/C18H18F2N2O3S/c1-12-7-8-13(11-16(12)22-9-2-3-10-26(22,24)25)18(23)21-17-14(19)5-4-6-15(17)20/h4-8,11H,2-3,9-10H2,1H3,(H,21,23). The van der Waals surface area contributed by atoms with Gasteiger partial charge in [0.15, 0.2) is 0 Å². The van der Waals surface area contributed by atoms with Crippen molar-refractivity contribution in [1.29, 1.82) is 0 Å². The molecule has 0 aliphatic carbocycles. The molecule has 5 nitrogen and oxygen atoms in total. The van der Waals surface area contributed by atoms with Crippen LogP contribution in [0.2, 0.25) is 0 Å². The molecule has 26 heavy (non-hydrogen) atoms. The van der Waals surface area contributed by atoms with E-state index < -0.39 is 33.3 Å². The summed E-state index contributed by atoms with van der Waals surface area (Å²) in [6, 6.07) is 7.83. The summed E-state index contributed by atoms with van der Waals surface area (Å²) in [6.07, 6.45) is 1.33. The molecule has 0 saturated carbocycles. The van der Waals surface area contributed by atoms with Crippen LogP contribution in [0, 0.1) is 18.6 Å². The Labute approximate surface area is 150 Å². The number of nitrogens with zero attached hydrogens (tertiary/aromatic N) is 1. The van der Waals surface area contributed by atoms with Crippen molar-refractivity contribution in [3.63, 3.8) is 0 Å². The molecular weight excluding hydrogens is 362 g/mol. The Morgan fingerprint density at radius 2 is 1.81 bits per heavy atom. The number of hydrogen-bond acceptors (Lipinski definition) is 3. The van der Waals surface area contributed by atoms with Crippen LogP contribution in [0.5, 0.6) is 0 Å². The van der Waals surface area contributed by atoms with Crippen LogP contribution in [0.15, 0.2) is 36.4 Å². The predicted molar refractivity (Wildman–Crippen MR) is 95.9 cm³/mol. The fourth-order valence-electron chi connectivity index (χ4n) is 2.88. The first-order valence-corrected chi connectivity index (χ1v) is 9.77. The second-order valence-corrected chi connectivity index (χ2v) is 8.16. The lowest BCUT2D eigenvalue weighted by Crippen LogP contribution is -2.38. The van der Waals surface area contributed by atoms with E-state index in [1.54, 1.807) is 13.0 Å². The topological polar surface area (TPSA) is 66.5 Å². The molecule has 3 rings (SSSR count). The zero-order chi connectivity index (χ0) is 18.9. The van der Waals surface area contributed by atoms with Crippen LogP contribution < -0.4 is 9.62 Å². The molecule has 1 aliphatic rings. The number of para-hydroxylation sites is 1. The second-order valence-electron chi connectivity index (χ2n) is 6.15. The maximum absolute atomic E-state index is 13.7. The van der Waals surface area contributed by atoms with Gasteiger partial charge in [-0.15, -0.1) is 0 Å². The molecule has 2 aromatic rings. The van der Waals surface area contributed by atoms with Gasteiger partial charge in [-0.2, -0.15) is 0 Å². The summed E-state index contributed by atoms with van der Waals surface area (Å²) in [7, 11) is -3.43. The first kappa shape index (κ1) is 18.3. The van der Waals surface area contributed by atoms with E-state index in [4.69, 9.17) is 0 Å². The summed E-state index contributed by atoms with van der Waals surface area (Å²) >= 11 is 0. The highest BCUT2D eigenvalue weighted by Crippen LogP contribution is 2.28. The molecule has 0 radical (unpaired) electrons. The normalized spacial score (nSPS) is 16.3. The fraction of sp³-hybridized carbons (Fsp3) is 0.278. The molecule has 1 aliphatic heterocycles. The van der Waals surface area contributed by atoms with Gasteiger partial charge in [-0.05, 0) is 49.6 Å². The third-order valence-corrected chi connectivity index (χ3v) is 6.15. The van der Waals surface area contributed by atoms with E-state index in [9.17, 15) is 22.0 Å². The lowest BCUT2D eigenvalue weighted by atomic mass is 10.1. The number of carbonyl (C=O) groups is 1. The Morgan fingerprint density at radius 1 is 1.12 bits per heavy atom. The highest BCUT2D eigenvalue weighted by Gasteiger charge is 2.27. The summed E-state index contributed by atoms with van der Waals surface area (Å²) < 4.78 is 53.4. The van der Waals surface area contributed by atoms with Crippen molar-refractivity contribution < 1.29 is 22.0 Å². The quantitative estimate of drug-likeness (QED) is 0.887. The molecule has 0 bridgehead atoms. The minimum absolute atomic E-state index is 0.0588. The Morgan fingerprint density at radius 3 is 2.46 bits per heavy atom. The van der Waals surface area contributed by atoms with Gasteiger partial charge in [0.1, 0.15) is 17.3 Å². The van der Waals surface area contributed by atoms with E-state index in [1.807, 2.05) is 0 Å². The molecule has 0 unspecified atom stereocenters. The number of carbonyl (C=O) groups excluding carboxylic acids is 1. The largest absolute Gasteiger partial charge is 0.317 e. The molecule has 1 amide bonds.